The van der Waals surface area contributed by atoms with Crippen LogP contribution in [0.25, 0.3) is 0 Å². The van der Waals surface area contributed by atoms with Crippen molar-refractivity contribution in [2.24, 2.45) is 4.99 Å². The lowest BCUT2D eigenvalue weighted by atomic mass is 10.2. The molecular formula is C14H16Cl2N2O. The first kappa shape index (κ1) is 14.4. The van der Waals surface area contributed by atoms with Gasteiger partial charge >= 0.3 is 0 Å². The first-order valence-electron chi connectivity index (χ1n) is 6.10. The molecule has 1 aliphatic rings. The van der Waals surface area contributed by atoms with Gasteiger partial charge in [-0.2, -0.15) is 0 Å². The minimum absolute atomic E-state index is 0.506. The van der Waals surface area contributed by atoms with Crippen LogP contribution in [-0.2, 0) is 4.74 Å². The van der Waals surface area contributed by atoms with Crippen molar-refractivity contribution in [3.05, 3.63) is 40.4 Å². The molecular weight excluding hydrogens is 283 g/mol. The number of nitrogens with zero attached hydrogens (tertiary/aromatic N) is 2. The smallest absolute Gasteiger partial charge is 0.131 e. The Morgan fingerprint density at radius 2 is 1.95 bits per heavy atom. The van der Waals surface area contributed by atoms with E-state index in [0.29, 0.717) is 23.3 Å². The summed E-state index contributed by atoms with van der Waals surface area (Å²) in [6, 6.07) is 5.35. The first-order valence-corrected chi connectivity index (χ1v) is 6.86. The molecule has 0 bridgehead atoms. The third kappa shape index (κ3) is 3.72. The Bertz CT molecular complexity index is 508. The number of ether oxygens (including phenoxy) is 1. The fraction of sp³-hybridized carbons (Fsp3) is 0.357. The maximum absolute atomic E-state index is 6.01. The Morgan fingerprint density at radius 1 is 1.26 bits per heavy atom. The van der Waals surface area contributed by atoms with E-state index in [2.05, 4.69) is 16.5 Å². The van der Waals surface area contributed by atoms with Gasteiger partial charge in [0, 0.05) is 13.1 Å². The lowest BCUT2D eigenvalue weighted by Crippen LogP contribution is -2.41. The number of rotatable bonds is 2. The molecule has 102 valence electrons. The van der Waals surface area contributed by atoms with Gasteiger partial charge in [-0.25, -0.2) is 4.99 Å². The van der Waals surface area contributed by atoms with Crippen LogP contribution in [0, 0.1) is 0 Å². The van der Waals surface area contributed by atoms with Crippen molar-refractivity contribution in [1.29, 1.82) is 0 Å². The lowest BCUT2D eigenvalue weighted by Gasteiger charge is -2.30. The molecule has 1 heterocycles. The molecule has 2 rings (SSSR count). The summed E-state index contributed by atoms with van der Waals surface area (Å²) < 4.78 is 5.35. The lowest BCUT2D eigenvalue weighted by molar-refractivity contribution is 0.0682. The van der Waals surface area contributed by atoms with E-state index in [1.807, 2.05) is 13.0 Å². The maximum atomic E-state index is 6.01. The van der Waals surface area contributed by atoms with Crippen LogP contribution in [0.4, 0.5) is 5.69 Å². The molecule has 19 heavy (non-hydrogen) atoms. The van der Waals surface area contributed by atoms with E-state index in [4.69, 9.17) is 27.9 Å². The second kappa shape index (κ2) is 6.42. The van der Waals surface area contributed by atoms with Gasteiger partial charge in [0.05, 0.1) is 28.9 Å². The van der Waals surface area contributed by atoms with Crippen LogP contribution < -0.4 is 0 Å². The van der Waals surface area contributed by atoms with Crippen molar-refractivity contribution >= 4 is 34.7 Å². The normalized spacial score (nSPS) is 16.6. The van der Waals surface area contributed by atoms with E-state index in [9.17, 15) is 0 Å². The van der Waals surface area contributed by atoms with Crippen molar-refractivity contribution in [2.45, 2.75) is 6.92 Å². The minimum Gasteiger partial charge on any atom is -0.378 e. The summed E-state index contributed by atoms with van der Waals surface area (Å²) in [6.45, 7) is 9.03. The monoisotopic (exact) mass is 298 g/mol. The highest BCUT2D eigenvalue weighted by molar-refractivity contribution is 6.42. The van der Waals surface area contributed by atoms with Crippen molar-refractivity contribution in [3.63, 3.8) is 0 Å². The first-order chi connectivity index (χ1) is 9.08. The van der Waals surface area contributed by atoms with Crippen LogP contribution in [0.5, 0.6) is 0 Å². The van der Waals surface area contributed by atoms with Crippen molar-refractivity contribution in [2.75, 3.05) is 26.3 Å². The van der Waals surface area contributed by atoms with Gasteiger partial charge in [-0.05, 0) is 30.7 Å². The van der Waals surface area contributed by atoms with Gasteiger partial charge in [0.25, 0.3) is 0 Å². The van der Waals surface area contributed by atoms with Crippen LogP contribution in [0.3, 0.4) is 0 Å². The maximum Gasteiger partial charge on any atom is 0.131 e. The number of amidine groups is 1. The molecule has 0 N–H and O–H groups in total. The topological polar surface area (TPSA) is 24.8 Å². The number of morpholine rings is 1. The molecule has 5 heteroatoms. The third-order valence-electron chi connectivity index (χ3n) is 2.83. The van der Waals surface area contributed by atoms with E-state index in [1.54, 1.807) is 12.1 Å². The van der Waals surface area contributed by atoms with E-state index in [1.165, 1.54) is 0 Å². The molecule has 1 aliphatic heterocycles. The Hall–Kier alpha value is -1.03. The number of halogens is 2. The SMILES string of the molecule is C=C(C)C(=Nc1ccc(Cl)c(Cl)c1)N1CCOCC1. The highest BCUT2D eigenvalue weighted by Gasteiger charge is 2.15. The Balaban J connectivity index is 2.29. The number of hydrogen-bond donors (Lipinski definition) is 0. The fourth-order valence-electron chi connectivity index (χ4n) is 1.89. The number of hydrogen-bond acceptors (Lipinski definition) is 2. The second-order valence-electron chi connectivity index (χ2n) is 4.41. The largest absolute Gasteiger partial charge is 0.378 e. The van der Waals surface area contributed by atoms with Gasteiger partial charge < -0.3 is 9.64 Å². The highest BCUT2D eigenvalue weighted by atomic mass is 35.5. The average Bonchev–Trinajstić information content (AvgIpc) is 2.40. The van der Waals surface area contributed by atoms with Gasteiger partial charge in [-0.3, -0.25) is 0 Å². The van der Waals surface area contributed by atoms with Crippen LogP contribution in [0.15, 0.2) is 35.3 Å². The molecule has 0 atom stereocenters. The average molecular weight is 299 g/mol. The highest BCUT2D eigenvalue weighted by Crippen LogP contribution is 2.27. The summed E-state index contributed by atoms with van der Waals surface area (Å²) in [5.74, 6) is 0.877. The third-order valence-corrected chi connectivity index (χ3v) is 3.57. The van der Waals surface area contributed by atoms with E-state index >= 15 is 0 Å². The quantitative estimate of drug-likeness (QED) is 0.610. The summed E-state index contributed by atoms with van der Waals surface area (Å²) in [6.07, 6.45) is 0. The van der Waals surface area contributed by atoms with Crippen LogP contribution in [-0.4, -0.2) is 37.0 Å². The van der Waals surface area contributed by atoms with Crippen molar-refractivity contribution < 1.29 is 4.74 Å². The second-order valence-corrected chi connectivity index (χ2v) is 5.23. The molecule has 1 fully saturated rings. The molecule has 1 saturated heterocycles. The van der Waals surface area contributed by atoms with Crippen molar-refractivity contribution in [3.8, 4) is 0 Å². The van der Waals surface area contributed by atoms with Crippen molar-refractivity contribution in [1.82, 2.24) is 4.90 Å². The predicted molar refractivity (Wildman–Crippen MR) is 80.8 cm³/mol. The van der Waals surface area contributed by atoms with Gasteiger partial charge in [0.1, 0.15) is 5.84 Å². The van der Waals surface area contributed by atoms with Crippen LogP contribution in [0.1, 0.15) is 6.92 Å². The van der Waals surface area contributed by atoms with E-state index in [0.717, 1.165) is 30.2 Å². The zero-order chi connectivity index (χ0) is 13.8. The summed E-state index contributed by atoms with van der Waals surface area (Å²) in [7, 11) is 0. The molecule has 0 unspecified atom stereocenters. The summed E-state index contributed by atoms with van der Waals surface area (Å²) in [4.78, 5) is 6.80. The van der Waals surface area contributed by atoms with Gasteiger partial charge in [0.2, 0.25) is 0 Å². The molecule has 3 nitrogen and oxygen atoms in total. The molecule has 1 aromatic rings. The van der Waals surface area contributed by atoms with Gasteiger partial charge in [-0.15, -0.1) is 0 Å². The molecule has 0 radical (unpaired) electrons. The number of aliphatic imine (C=N–C) groups is 1. The number of benzene rings is 1. The fourth-order valence-corrected chi connectivity index (χ4v) is 2.18. The molecule has 1 aromatic carbocycles. The molecule has 0 spiro atoms. The zero-order valence-electron chi connectivity index (χ0n) is 10.8. The molecule has 0 aliphatic carbocycles. The van der Waals surface area contributed by atoms with Crippen LogP contribution in [0.2, 0.25) is 10.0 Å². The molecule has 0 aromatic heterocycles. The summed E-state index contributed by atoms with van der Waals surface area (Å²) >= 11 is 11.9. The Labute approximate surface area is 123 Å². The zero-order valence-corrected chi connectivity index (χ0v) is 12.3. The van der Waals surface area contributed by atoms with E-state index in [-0.39, 0.29) is 0 Å². The van der Waals surface area contributed by atoms with E-state index < -0.39 is 0 Å². The standard InChI is InChI=1S/C14H16Cl2N2O/c1-10(2)14(18-5-7-19-8-6-18)17-11-3-4-12(15)13(16)9-11/h3-4,9H,1,5-8H2,2H3. The predicted octanol–water partition coefficient (Wildman–Crippen LogP) is 3.93. The van der Waals surface area contributed by atoms with Gasteiger partial charge in [-0.1, -0.05) is 29.8 Å². The van der Waals surface area contributed by atoms with Crippen LogP contribution >= 0.6 is 23.2 Å². The van der Waals surface area contributed by atoms with Gasteiger partial charge in [0.15, 0.2) is 0 Å². The molecule has 0 amide bonds. The summed E-state index contributed by atoms with van der Waals surface area (Å²) in [5.41, 5.74) is 1.70. The Kier molecular flexibility index (Phi) is 4.86. The minimum atomic E-state index is 0.506. The summed E-state index contributed by atoms with van der Waals surface area (Å²) in [5, 5.41) is 1.04. The Morgan fingerprint density at radius 3 is 2.53 bits per heavy atom. The molecule has 0 saturated carbocycles.